The number of nitrogens with one attached hydrogen (secondary N) is 1. The van der Waals surface area contributed by atoms with Crippen molar-refractivity contribution in [2.45, 2.75) is 12.5 Å². The lowest BCUT2D eigenvalue weighted by Gasteiger charge is -2.36. The van der Waals surface area contributed by atoms with Crippen molar-refractivity contribution >= 4 is 23.5 Å². The number of piperazine rings is 1. The SMILES string of the molecule is C[C@@]1(c2ccccc2)NC(=O)N(CC(=O)N2CCN(c3ccccc3)CC2)C1=O. The number of imide groups is 1. The number of amides is 4. The number of hydrogen-bond acceptors (Lipinski definition) is 4. The fraction of sp³-hybridized carbons (Fsp3) is 0.318. The van der Waals surface area contributed by atoms with Crippen LogP contribution in [0.25, 0.3) is 0 Å². The number of rotatable bonds is 4. The molecule has 4 rings (SSSR count). The van der Waals surface area contributed by atoms with Gasteiger partial charge in [-0.3, -0.25) is 14.5 Å². The second-order valence-corrected chi connectivity index (χ2v) is 7.52. The standard InChI is InChI=1S/C22H24N4O3/c1-22(17-8-4-2-5-9-17)20(28)26(21(29)23-22)16-19(27)25-14-12-24(13-15-25)18-10-6-3-7-11-18/h2-11H,12-16H2,1H3,(H,23,29)/t22-/m0/s1. The summed E-state index contributed by atoms with van der Waals surface area (Å²) in [5, 5.41) is 2.74. The van der Waals surface area contributed by atoms with Crippen molar-refractivity contribution in [3.63, 3.8) is 0 Å². The van der Waals surface area contributed by atoms with Crippen molar-refractivity contribution < 1.29 is 14.4 Å². The number of carbonyl (C=O) groups is 3. The molecule has 0 bridgehead atoms. The Bertz CT molecular complexity index is 910. The molecule has 0 saturated carbocycles. The van der Waals surface area contributed by atoms with Crippen LogP contribution in [-0.2, 0) is 15.1 Å². The van der Waals surface area contributed by atoms with E-state index < -0.39 is 17.5 Å². The predicted molar refractivity (Wildman–Crippen MR) is 109 cm³/mol. The second kappa shape index (κ2) is 7.58. The highest BCUT2D eigenvalue weighted by Gasteiger charge is 2.49. The summed E-state index contributed by atoms with van der Waals surface area (Å²) in [4.78, 5) is 43.1. The molecule has 0 unspecified atom stereocenters. The van der Waals surface area contributed by atoms with E-state index >= 15 is 0 Å². The molecule has 0 radical (unpaired) electrons. The van der Waals surface area contributed by atoms with Crippen molar-refractivity contribution in [2.24, 2.45) is 0 Å². The molecule has 2 aliphatic heterocycles. The Kier molecular flexibility index (Phi) is 4.96. The molecule has 150 valence electrons. The third-order valence-electron chi connectivity index (χ3n) is 5.67. The molecule has 0 aromatic heterocycles. The highest BCUT2D eigenvalue weighted by Crippen LogP contribution is 2.28. The maximum absolute atomic E-state index is 13.0. The summed E-state index contributed by atoms with van der Waals surface area (Å²) in [5.41, 5.74) is 0.682. The average Bonchev–Trinajstić information content (AvgIpc) is 2.99. The van der Waals surface area contributed by atoms with Gasteiger partial charge in [-0.25, -0.2) is 4.79 Å². The van der Waals surface area contributed by atoms with E-state index in [1.807, 2.05) is 36.4 Å². The molecule has 2 saturated heterocycles. The molecule has 4 amide bonds. The van der Waals surface area contributed by atoms with Gasteiger partial charge in [0, 0.05) is 31.9 Å². The highest BCUT2D eigenvalue weighted by atomic mass is 16.2. The maximum Gasteiger partial charge on any atom is 0.325 e. The lowest BCUT2D eigenvalue weighted by Crippen LogP contribution is -2.52. The van der Waals surface area contributed by atoms with Gasteiger partial charge in [-0.2, -0.15) is 0 Å². The van der Waals surface area contributed by atoms with Gasteiger partial charge in [-0.05, 0) is 24.6 Å². The van der Waals surface area contributed by atoms with Gasteiger partial charge in [-0.1, -0.05) is 48.5 Å². The molecule has 2 aromatic carbocycles. The van der Waals surface area contributed by atoms with Gasteiger partial charge in [-0.15, -0.1) is 0 Å². The summed E-state index contributed by atoms with van der Waals surface area (Å²) in [6.45, 7) is 4.00. The Morgan fingerprint density at radius 3 is 2.14 bits per heavy atom. The van der Waals surface area contributed by atoms with Gasteiger partial charge in [0.15, 0.2) is 0 Å². The fourth-order valence-corrected chi connectivity index (χ4v) is 3.90. The lowest BCUT2D eigenvalue weighted by molar-refractivity contribution is -0.139. The first kappa shape index (κ1) is 19.0. The molecular weight excluding hydrogens is 368 g/mol. The predicted octanol–water partition coefficient (Wildman–Crippen LogP) is 1.80. The van der Waals surface area contributed by atoms with Crippen molar-refractivity contribution in [3.8, 4) is 0 Å². The zero-order chi connectivity index (χ0) is 20.4. The van der Waals surface area contributed by atoms with Crippen molar-refractivity contribution in [1.29, 1.82) is 0 Å². The van der Waals surface area contributed by atoms with Crippen LogP contribution >= 0.6 is 0 Å². The Hall–Kier alpha value is -3.35. The van der Waals surface area contributed by atoms with Crippen molar-refractivity contribution in [2.75, 3.05) is 37.6 Å². The molecule has 2 aromatic rings. The maximum atomic E-state index is 13.0. The van der Waals surface area contributed by atoms with Gasteiger partial charge in [0.1, 0.15) is 12.1 Å². The molecule has 29 heavy (non-hydrogen) atoms. The molecule has 7 heteroatoms. The Morgan fingerprint density at radius 1 is 0.931 bits per heavy atom. The van der Waals surface area contributed by atoms with Crippen LogP contribution < -0.4 is 10.2 Å². The van der Waals surface area contributed by atoms with Crippen LogP contribution in [-0.4, -0.2) is 60.4 Å². The van der Waals surface area contributed by atoms with Gasteiger partial charge in [0.05, 0.1) is 0 Å². The average molecular weight is 392 g/mol. The summed E-state index contributed by atoms with van der Waals surface area (Å²) in [5.74, 6) is -0.608. The summed E-state index contributed by atoms with van der Waals surface area (Å²) in [6, 6.07) is 18.6. The Labute approximate surface area is 169 Å². The summed E-state index contributed by atoms with van der Waals surface area (Å²) >= 11 is 0. The van der Waals surface area contributed by atoms with E-state index in [1.54, 1.807) is 24.0 Å². The second-order valence-electron chi connectivity index (χ2n) is 7.52. The van der Waals surface area contributed by atoms with Crippen LogP contribution in [0.4, 0.5) is 10.5 Å². The Morgan fingerprint density at radius 2 is 1.52 bits per heavy atom. The molecule has 2 fully saturated rings. The molecular formula is C22H24N4O3. The zero-order valence-electron chi connectivity index (χ0n) is 16.4. The number of benzene rings is 2. The van der Waals surface area contributed by atoms with E-state index in [9.17, 15) is 14.4 Å². The topological polar surface area (TPSA) is 73.0 Å². The van der Waals surface area contributed by atoms with E-state index in [4.69, 9.17) is 0 Å². The molecule has 0 spiro atoms. The first-order valence-corrected chi connectivity index (χ1v) is 9.76. The van der Waals surface area contributed by atoms with Crippen molar-refractivity contribution in [3.05, 3.63) is 66.2 Å². The minimum atomic E-state index is -1.15. The van der Waals surface area contributed by atoms with Crippen LogP contribution in [0.2, 0.25) is 0 Å². The van der Waals surface area contributed by atoms with Gasteiger partial charge in [0.2, 0.25) is 5.91 Å². The first-order chi connectivity index (χ1) is 14.0. The number of urea groups is 1. The van der Waals surface area contributed by atoms with Crippen molar-refractivity contribution in [1.82, 2.24) is 15.1 Å². The number of carbonyl (C=O) groups excluding carboxylic acids is 3. The van der Waals surface area contributed by atoms with Gasteiger partial charge in [0.25, 0.3) is 5.91 Å². The number of para-hydroxylation sites is 1. The van der Waals surface area contributed by atoms with E-state index in [1.165, 1.54) is 0 Å². The third-order valence-corrected chi connectivity index (χ3v) is 5.67. The van der Waals surface area contributed by atoms with E-state index in [2.05, 4.69) is 22.3 Å². The minimum Gasteiger partial charge on any atom is -0.368 e. The van der Waals surface area contributed by atoms with E-state index in [-0.39, 0.29) is 12.5 Å². The van der Waals surface area contributed by atoms with Crippen LogP contribution in [0.15, 0.2) is 60.7 Å². The number of hydrogen-bond donors (Lipinski definition) is 1. The summed E-state index contributed by atoms with van der Waals surface area (Å²) in [6.07, 6.45) is 0. The molecule has 2 aliphatic rings. The smallest absolute Gasteiger partial charge is 0.325 e. The fourth-order valence-electron chi connectivity index (χ4n) is 3.90. The summed E-state index contributed by atoms with van der Waals surface area (Å²) in [7, 11) is 0. The third kappa shape index (κ3) is 3.55. The van der Waals surface area contributed by atoms with Gasteiger partial charge >= 0.3 is 6.03 Å². The molecule has 1 N–H and O–H groups in total. The molecule has 0 aliphatic carbocycles. The van der Waals surface area contributed by atoms with Gasteiger partial charge < -0.3 is 15.1 Å². The molecule has 1 atom stereocenters. The zero-order valence-corrected chi connectivity index (χ0v) is 16.4. The lowest BCUT2D eigenvalue weighted by atomic mass is 9.92. The largest absolute Gasteiger partial charge is 0.368 e. The van der Waals surface area contributed by atoms with Crippen LogP contribution in [0, 0.1) is 0 Å². The quantitative estimate of drug-likeness (QED) is 0.806. The number of nitrogens with zero attached hydrogens (tertiary/aromatic N) is 3. The first-order valence-electron chi connectivity index (χ1n) is 9.76. The summed E-state index contributed by atoms with van der Waals surface area (Å²) < 4.78 is 0. The molecule has 7 nitrogen and oxygen atoms in total. The van der Waals surface area contributed by atoms with Crippen LogP contribution in [0.5, 0.6) is 0 Å². The Balaban J connectivity index is 1.39. The van der Waals surface area contributed by atoms with E-state index in [0.29, 0.717) is 18.7 Å². The normalized spacial score (nSPS) is 22.0. The van der Waals surface area contributed by atoms with Crippen LogP contribution in [0.1, 0.15) is 12.5 Å². The van der Waals surface area contributed by atoms with E-state index in [0.717, 1.165) is 23.7 Å². The molecule has 2 heterocycles. The number of anilines is 1. The minimum absolute atomic E-state index is 0.210. The van der Waals surface area contributed by atoms with Crippen LogP contribution in [0.3, 0.4) is 0 Å². The highest BCUT2D eigenvalue weighted by molar-refractivity contribution is 6.09. The monoisotopic (exact) mass is 392 g/mol.